The van der Waals surface area contributed by atoms with Gasteiger partial charge in [-0.25, -0.2) is 13.8 Å². The molecule has 166 valence electrons. The molecule has 1 aliphatic heterocycles. The Bertz CT molecular complexity index is 1090. The molecule has 1 aromatic heterocycles. The molecule has 0 bridgehead atoms. The standard InChI is InChI=1S/C21H20ClF2N3O2S.ClH/c1-13-10-14(22)11-18-19(13)25-21(30-18)27(5-4-26-6-8-29-9-7-26)20(28)16-3-2-15(23)12-17(16)24;/h2-3,10-12H,4-9H2,1H3;1H. The molecule has 4 rings (SSSR count). The van der Waals surface area contributed by atoms with Crippen LogP contribution in [0.3, 0.4) is 0 Å². The van der Waals surface area contributed by atoms with Crippen LogP contribution in [0.1, 0.15) is 15.9 Å². The van der Waals surface area contributed by atoms with E-state index in [1.54, 1.807) is 6.07 Å². The van der Waals surface area contributed by atoms with Gasteiger partial charge in [0.1, 0.15) is 11.6 Å². The molecule has 0 aliphatic carbocycles. The summed E-state index contributed by atoms with van der Waals surface area (Å²) in [6, 6.07) is 6.58. The van der Waals surface area contributed by atoms with Crippen molar-refractivity contribution in [2.75, 3.05) is 44.3 Å². The molecule has 2 aromatic carbocycles. The Morgan fingerprint density at radius 1 is 1.26 bits per heavy atom. The molecule has 0 N–H and O–H groups in total. The van der Waals surface area contributed by atoms with Gasteiger partial charge in [0.05, 0.1) is 29.0 Å². The van der Waals surface area contributed by atoms with E-state index in [9.17, 15) is 13.6 Å². The van der Waals surface area contributed by atoms with Crippen LogP contribution in [0.5, 0.6) is 0 Å². The van der Waals surface area contributed by atoms with Crippen molar-refractivity contribution < 1.29 is 18.3 Å². The van der Waals surface area contributed by atoms with E-state index in [2.05, 4.69) is 9.88 Å². The van der Waals surface area contributed by atoms with E-state index in [0.29, 0.717) is 36.5 Å². The first-order valence-electron chi connectivity index (χ1n) is 9.56. The smallest absolute Gasteiger partial charge is 0.263 e. The number of fused-ring (bicyclic) bond motifs is 1. The number of halogens is 4. The summed E-state index contributed by atoms with van der Waals surface area (Å²) < 4.78 is 33.9. The molecular weight excluding hydrogens is 467 g/mol. The van der Waals surface area contributed by atoms with Gasteiger partial charge in [-0.3, -0.25) is 14.6 Å². The molecule has 1 amide bonds. The number of rotatable bonds is 5. The summed E-state index contributed by atoms with van der Waals surface area (Å²) in [4.78, 5) is 21.5. The van der Waals surface area contributed by atoms with Crippen molar-refractivity contribution in [2.45, 2.75) is 6.92 Å². The van der Waals surface area contributed by atoms with Gasteiger partial charge in [-0.2, -0.15) is 0 Å². The predicted molar refractivity (Wildman–Crippen MR) is 122 cm³/mol. The Hall–Kier alpha value is -1.84. The molecule has 1 saturated heterocycles. The number of aryl methyl sites for hydroxylation is 1. The van der Waals surface area contributed by atoms with Crippen molar-refractivity contribution >= 4 is 56.6 Å². The third-order valence-electron chi connectivity index (χ3n) is 5.02. The second-order valence-electron chi connectivity index (χ2n) is 7.10. The first-order valence-corrected chi connectivity index (χ1v) is 10.8. The number of nitrogens with zero attached hydrogens (tertiary/aromatic N) is 3. The van der Waals surface area contributed by atoms with Crippen LogP contribution in [-0.2, 0) is 4.74 Å². The Kier molecular flexibility index (Phi) is 7.82. The van der Waals surface area contributed by atoms with Crippen LogP contribution in [0.25, 0.3) is 10.2 Å². The maximum atomic E-state index is 14.3. The number of morpholine rings is 1. The monoisotopic (exact) mass is 487 g/mol. The Labute approximate surface area is 194 Å². The number of aromatic nitrogens is 1. The lowest BCUT2D eigenvalue weighted by Crippen LogP contribution is -2.43. The van der Waals surface area contributed by atoms with Crippen LogP contribution in [0.15, 0.2) is 30.3 Å². The first-order chi connectivity index (χ1) is 14.4. The molecule has 1 fully saturated rings. The van der Waals surface area contributed by atoms with Crippen LogP contribution in [0.4, 0.5) is 13.9 Å². The lowest BCUT2D eigenvalue weighted by molar-refractivity contribution is 0.0391. The van der Waals surface area contributed by atoms with E-state index in [1.807, 2.05) is 13.0 Å². The summed E-state index contributed by atoms with van der Waals surface area (Å²) in [5.41, 5.74) is 1.46. The molecule has 0 atom stereocenters. The van der Waals surface area contributed by atoms with Crippen molar-refractivity contribution in [1.82, 2.24) is 9.88 Å². The van der Waals surface area contributed by atoms with Gasteiger partial charge in [-0.15, -0.1) is 12.4 Å². The second-order valence-corrected chi connectivity index (χ2v) is 8.55. The predicted octanol–water partition coefficient (Wildman–Crippen LogP) is 4.94. The second kappa shape index (κ2) is 10.2. The third-order valence-corrected chi connectivity index (χ3v) is 6.26. The molecule has 10 heteroatoms. The normalized spacial score (nSPS) is 14.5. The molecule has 0 radical (unpaired) electrons. The number of carbonyl (C=O) groups is 1. The van der Waals surface area contributed by atoms with Crippen molar-refractivity contribution in [3.8, 4) is 0 Å². The van der Waals surface area contributed by atoms with E-state index < -0.39 is 17.5 Å². The van der Waals surface area contributed by atoms with E-state index in [-0.39, 0.29) is 18.0 Å². The van der Waals surface area contributed by atoms with Crippen LogP contribution < -0.4 is 4.90 Å². The van der Waals surface area contributed by atoms with Gasteiger partial charge in [-0.1, -0.05) is 22.9 Å². The van der Waals surface area contributed by atoms with Crippen molar-refractivity contribution in [1.29, 1.82) is 0 Å². The van der Waals surface area contributed by atoms with Gasteiger partial charge in [0.15, 0.2) is 5.13 Å². The maximum Gasteiger partial charge on any atom is 0.263 e. The highest BCUT2D eigenvalue weighted by Crippen LogP contribution is 2.33. The topological polar surface area (TPSA) is 45.7 Å². The number of benzene rings is 2. The maximum absolute atomic E-state index is 14.3. The summed E-state index contributed by atoms with van der Waals surface area (Å²) >= 11 is 7.49. The van der Waals surface area contributed by atoms with Crippen molar-refractivity contribution in [2.24, 2.45) is 0 Å². The van der Waals surface area contributed by atoms with Crippen molar-refractivity contribution in [3.63, 3.8) is 0 Å². The highest BCUT2D eigenvalue weighted by atomic mass is 35.5. The molecule has 0 saturated carbocycles. The summed E-state index contributed by atoms with van der Waals surface area (Å²) in [5.74, 6) is -2.17. The van der Waals surface area contributed by atoms with E-state index in [0.717, 1.165) is 41.0 Å². The number of amides is 1. The van der Waals surface area contributed by atoms with Crippen molar-refractivity contribution in [3.05, 3.63) is 58.1 Å². The molecule has 0 spiro atoms. The van der Waals surface area contributed by atoms with Crippen LogP contribution in [0.2, 0.25) is 5.02 Å². The fraction of sp³-hybridized carbons (Fsp3) is 0.333. The first kappa shape index (κ1) is 23.8. The van der Waals surface area contributed by atoms with Gasteiger partial charge in [0, 0.05) is 37.3 Å². The van der Waals surface area contributed by atoms with Crippen LogP contribution in [-0.4, -0.2) is 55.2 Å². The lowest BCUT2D eigenvalue weighted by atomic mass is 10.2. The number of hydrogen-bond acceptors (Lipinski definition) is 5. The number of hydrogen-bond donors (Lipinski definition) is 0. The minimum absolute atomic E-state index is 0. The van der Waals surface area contributed by atoms with Gasteiger partial charge in [0.2, 0.25) is 0 Å². The summed E-state index contributed by atoms with van der Waals surface area (Å²) in [7, 11) is 0. The van der Waals surface area contributed by atoms with E-state index in [4.69, 9.17) is 16.3 Å². The SMILES string of the molecule is Cc1cc(Cl)cc2sc(N(CCN3CCOCC3)C(=O)c3ccc(F)cc3F)nc12.Cl. The number of ether oxygens (including phenoxy) is 1. The molecule has 2 heterocycles. The third kappa shape index (κ3) is 5.32. The average Bonchev–Trinajstić information content (AvgIpc) is 3.13. The van der Waals surface area contributed by atoms with Gasteiger partial charge < -0.3 is 4.74 Å². The van der Waals surface area contributed by atoms with Gasteiger partial charge in [0.25, 0.3) is 5.91 Å². The largest absolute Gasteiger partial charge is 0.379 e. The Morgan fingerprint density at radius 3 is 2.71 bits per heavy atom. The van der Waals surface area contributed by atoms with Gasteiger partial charge in [-0.05, 0) is 36.8 Å². The minimum atomic E-state index is -0.892. The summed E-state index contributed by atoms with van der Waals surface area (Å²) in [6.45, 7) is 5.62. The molecule has 5 nitrogen and oxygen atoms in total. The van der Waals surface area contributed by atoms with Crippen LogP contribution >= 0.6 is 35.3 Å². The summed E-state index contributed by atoms with van der Waals surface area (Å²) in [6.07, 6.45) is 0. The molecule has 3 aromatic rings. The molecule has 0 unspecified atom stereocenters. The summed E-state index contributed by atoms with van der Waals surface area (Å²) in [5, 5.41) is 1.04. The van der Waals surface area contributed by atoms with Gasteiger partial charge >= 0.3 is 0 Å². The number of thiazole rings is 1. The zero-order valence-electron chi connectivity index (χ0n) is 16.7. The Morgan fingerprint density at radius 2 is 2.00 bits per heavy atom. The van der Waals surface area contributed by atoms with E-state index >= 15 is 0 Å². The zero-order valence-corrected chi connectivity index (χ0v) is 19.1. The average molecular weight is 488 g/mol. The van der Waals surface area contributed by atoms with E-state index in [1.165, 1.54) is 22.3 Å². The zero-order chi connectivity index (χ0) is 21.3. The Balaban J connectivity index is 0.00000272. The highest BCUT2D eigenvalue weighted by Gasteiger charge is 2.25. The minimum Gasteiger partial charge on any atom is -0.379 e. The number of anilines is 1. The fourth-order valence-corrected chi connectivity index (χ4v) is 4.86. The molecular formula is C21H21Cl2F2N3O2S. The lowest BCUT2D eigenvalue weighted by Gasteiger charge is -2.29. The highest BCUT2D eigenvalue weighted by molar-refractivity contribution is 7.22. The fourth-order valence-electron chi connectivity index (χ4n) is 3.42. The van der Waals surface area contributed by atoms with Crippen LogP contribution in [0, 0.1) is 18.6 Å². The number of carbonyl (C=O) groups excluding carboxylic acids is 1. The quantitative estimate of drug-likeness (QED) is 0.511. The molecule has 1 aliphatic rings. The molecule has 31 heavy (non-hydrogen) atoms.